The Bertz CT molecular complexity index is 643. The molecule has 1 amide bonds. The van der Waals surface area contributed by atoms with Crippen LogP contribution in [0, 0.1) is 6.92 Å². The van der Waals surface area contributed by atoms with Gasteiger partial charge in [-0.2, -0.15) is 0 Å². The van der Waals surface area contributed by atoms with Gasteiger partial charge in [0.15, 0.2) is 6.61 Å². The number of ether oxygens (including phenoxy) is 1. The van der Waals surface area contributed by atoms with E-state index < -0.39 is 0 Å². The van der Waals surface area contributed by atoms with Gasteiger partial charge in [-0.15, -0.1) is 0 Å². The van der Waals surface area contributed by atoms with Crippen LogP contribution in [0.4, 0.5) is 0 Å². The monoisotopic (exact) mass is 331 g/mol. The summed E-state index contributed by atoms with van der Waals surface area (Å²) in [4.78, 5) is 14.3. The third kappa shape index (κ3) is 5.29. The average molecular weight is 332 g/mol. The van der Waals surface area contributed by atoms with Crippen molar-refractivity contribution in [3.63, 3.8) is 0 Å². The number of amides is 1. The van der Waals surface area contributed by atoms with Crippen LogP contribution in [0.3, 0.4) is 0 Å². The van der Waals surface area contributed by atoms with Gasteiger partial charge in [-0.25, -0.2) is 0 Å². The highest BCUT2D eigenvalue weighted by atomic mass is 35.5. The Labute approximate surface area is 142 Å². The van der Waals surface area contributed by atoms with Crippen LogP contribution in [0.5, 0.6) is 5.75 Å². The van der Waals surface area contributed by atoms with Crippen molar-refractivity contribution in [1.29, 1.82) is 0 Å². The number of carbonyl (C=O) groups is 1. The number of hydrogen-bond donors (Lipinski definition) is 0. The van der Waals surface area contributed by atoms with Crippen molar-refractivity contribution in [3.8, 4) is 5.75 Å². The van der Waals surface area contributed by atoms with Crippen LogP contribution in [0.2, 0.25) is 5.02 Å². The van der Waals surface area contributed by atoms with E-state index in [1.807, 2.05) is 48.2 Å². The first-order chi connectivity index (χ1) is 11.1. The second kappa shape index (κ2) is 8.59. The predicted octanol–water partition coefficient (Wildman–Crippen LogP) is 4.47. The highest BCUT2D eigenvalue weighted by molar-refractivity contribution is 6.31. The van der Waals surface area contributed by atoms with Gasteiger partial charge in [0.25, 0.3) is 5.91 Å². The lowest BCUT2D eigenvalue weighted by molar-refractivity contribution is -0.134. The van der Waals surface area contributed by atoms with Gasteiger partial charge < -0.3 is 9.64 Å². The fourth-order valence-electron chi connectivity index (χ4n) is 2.31. The number of nitrogens with zero attached hydrogens (tertiary/aromatic N) is 1. The minimum Gasteiger partial charge on any atom is -0.484 e. The fourth-order valence-corrected chi connectivity index (χ4v) is 2.43. The van der Waals surface area contributed by atoms with E-state index in [-0.39, 0.29) is 12.5 Å². The molecule has 2 aromatic rings. The molecule has 0 fully saturated rings. The van der Waals surface area contributed by atoms with Gasteiger partial charge >= 0.3 is 0 Å². The number of aryl methyl sites for hydroxylation is 1. The molecule has 122 valence electrons. The molecule has 0 aromatic heterocycles. The summed E-state index contributed by atoms with van der Waals surface area (Å²) in [6.07, 6.45) is 0.915. The minimum absolute atomic E-state index is 0.0108. The molecule has 0 saturated heterocycles. The SMILES string of the molecule is CCCN(Cc1ccccc1)C(=O)COc1ccc(Cl)c(C)c1. The fraction of sp³-hybridized carbons (Fsp3) is 0.316. The molecule has 0 unspecified atom stereocenters. The summed E-state index contributed by atoms with van der Waals surface area (Å²) in [6, 6.07) is 15.4. The molecule has 4 heteroatoms. The predicted molar refractivity (Wildman–Crippen MR) is 93.8 cm³/mol. The summed E-state index contributed by atoms with van der Waals surface area (Å²) in [7, 11) is 0. The summed E-state index contributed by atoms with van der Waals surface area (Å²) < 4.78 is 5.62. The van der Waals surface area contributed by atoms with Crippen LogP contribution in [0.15, 0.2) is 48.5 Å². The Morgan fingerprint density at radius 1 is 1.17 bits per heavy atom. The van der Waals surface area contributed by atoms with Gasteiger partial charge in [-0.3, -0.25) is 4.79 Å². The van der Waals surface area contributed by atoms with Gasteiger partial charge in [0, 0.05) is 18.1 Å². The van der Waals surface area contributed by atoms with Crippen molar-refractivity contribution in [3.05, 3.63) is 64.7 Å². The molecule has 0 saturated carbocycles. The minimum atomic E-state index is -0.0108. The summed E-state index contributed by atoms with van der Waals surface area (Å²) in [5, 5.41) is 0.695. The van der Waals surface area contributed by atoms with Gasteiger partial charge in [0.2, 0.25) is 0 Å². The Morgan fingerprint density at radius 2 is 1.91 bits per heavy atom. The van der Waals surface area contributed by atoms with E-state index in [0.29, 0.717) is 17.3 Å². The van der Waals surface area contributed by atoms with Crippen molar-refractivity contribution >= 4 is 17.5 Å². The maximum Gasteiger partial charge on any atom is 0.260 e. The van der Waals surface area contributed by atoms with E-state index >= 15 is 0 Å². The molecule has 0 aliphatic rings. The van der Waals surface area contributed by atoms with Crippen LogP contribution in [0.25, 0.3) is 0 Å². The zero-order valence-corrected chi connectivity index (χ0v) is 14.3. The topological polar surface area (TPSA) is 29.5 Å². The van der Waals surface area contributed by atoms with Crippen molar-refractivity contribution in [2.75, 3.05) is 13.2 Å². The quantitative estimate of drug-likeness (QED) is 0.749. The smallest absolute Gasteiger partial charge is 0.260 e. The normalized spacial score (nSPS) is 10.4. The van der Waals surface area contributed by atoms with Crippen molar-refractivity contribution < 1.29 is 9.53 Å². The van der Waals surface area contributed by atoms with Crippen LogP contribution in [-0.4, -0.2) is 24.0 Å². The van der Waals surface area contributed by atoms with Gasteiger partial charge in [-0.1, -0.05) is 48.9 Å². The largest absolute Gasteiger partial charge is 0.484 e. The molecule has 0 N–H and O–H groups in total. The number of carbonyl (C=O) groups excluding carboxylic acids is 1. The van der Waals surface area contributed by atoms with Crippen LogP contribution in [0.1, 0.15) is 24.5 Å². The molecule has 2 aromatic carbocycles. The molecule has 0 spiro atoms. The van der Waals surface area contributed by atoms with E-state index in [2.05, 4.69) is 6.92 Å². The molecule has 23 heavy (non-hydrogen) atoms. The van der Waals surface area contributed by atoms with E-state index in [1.165, 1.54) is 0 Å². The third-order valence-corrected chi connectivity index (χ3v) is 3.98. The second-order valence-electron chi connectivity index (χ2n) is 5.50. The lowest BCUT2D eigenvalue weighted by Crippen LogP contribution is -2.35. The highest BCUT2D eigenvalue weighted by Crippen LogP contribution is 2.21. The molecular weight excluding hydrogens is 310 g/mol. The molecule has 2 rings (SSSR count). The lowest BCUT2D eigenvalue weighted by Gasteiger charge is -2.22. The molecule has 3 nitrogen and oxygen atoms in total. The van der Waals surface area contributed by atoms with E-state index in [0.717, 1.165) is 24.1 Å². The van der Waals surface area contributed by atoms with Crippen molar-refractivity contribution in [2.45, 2.75) is 26.8 Å². The molecular formula is C19H22ClNO2. The van der Waals surface area contributed by atoms with Crippen LogP contribution < -0.4 is 4.74 Å². The third-order valence-electron chi connectivity index (χ3n) is 3.55. The van der Waals surface area contributed by atoms with E-state index in [4.69, 9.17) is 16.3 Å². The van der Waals surface area contributed by atoms with Crippen molar-refractivity contribution in [2.24, 2.45) is 0 Å². The van der Waals surface area contributed by atoms with Gasteiger partial charge in [-0.05, 0) is 42.7 Å². The Morgan fingerprint density at radius 3 is 2.57 bits per heavy atom. The molecule has 0 aliphatic carbocycles. The van der Waals surface area contributed by atoms with Crippen LogP contribution >= 0.6 is 11.6 Å². The summed E-state index contributed by atoms with van der Waals surface area (Å²) in [6.45, 7) is 5.34. The molecule has 0 radical (unpaired) electrons. The molecule has 0 atom stereocenters. The summed E-state index contributed by atoms with van der Waals surface area (Å²) in [5.41, 5.74) is 2.06. The maximum atomic E-state index is 12.4. The van der Waals surface area contributed by atoms with Gasteiger partial charge in [0.05, 0.1) is 0 Å². The molecule has 0 bridgehead atoms. The molecule has 0 aliphatic heterocycles. The second-order valence-corrected chi connectivity index (χ2v) is 5.91. The van der Waals surface area contributed by atoms with E-state index in [9.17, 15) is 4.79 Å². The Balaban J connectivity index is 1.96. The standard InChI is InChI=1S/C19H22ClNO2/c1-3-11-21(13-16-7-5-4-6-8-16)19(22)14-23-17-9-10-18(20)15(2)12-17/h4-10,12H,3,11,13-14H2,1-2H3. The van der Waals surface area contributed by atoms with Crippen LogP contribution in [-0.2, 0) is 11.3 Å². The number of rotatable bonds is 7. The Kier molecular flexibility index (Phi) is 6.48. The average Bonchev–Trinajstić information content (AvgIpc) is 2.56. The molecule has 0 heterocycles. The van der Waals surface area contributed by atoms with Crippen molar-refractivity contribution in [1.82, 2.24) is 4.90 Å². The summed E-state index contributed by atoms with van der Waals surface area (Å²) >= 11 is 5.99. The number of hydrogen-bond acceptors (Lipinski definition) is 2. The maximum absolute atomic E-state index is 12.4. The number of halogens is 1. The zero-order chi connectivity index (χ0) is 16.7. The first-order valence-corrected chi connectivity index (χ1v) is 8.18. The zero-order valence-electron chi connectivity index (χ0n) is 13.6. The summed E-state index contributed by atoms with van der Waals surface area (Å²) in [5.74, 6) is 0.653. The number of benzene rings is 2. The first kappa shape index (κ1) is 17.4. The van der Waals surface area contributed by atoms with Gasteiger partial charge in [0.1, 0.15) is 5.75 Å². The Hall–Kier alpha value is -2.00. The highest BCUT2D eigenvalue weighted by Gasteiger charge is 2.14. The van der Waals surface area contributed by atoms with E-state index in [1.54, 1.807) is 12.1 Å². The lowest BCUT2D eigenvalue weighted by atomic mass is 10.2. The first-order valence-electron chi connectivity index (χ1n) is 7.80.